The first-order chi connectivity index (χ1) is 5.86. The van der Waals surface area contributed by atoms with Crippen molar-refractivity contribution in [3.63, 3.8) is 0 Å². The average Bonchev–Trinajstić information content (AvgIpc) is 2.56. The summed E-state index contributed by atoms with van der Waals surface area (Å²) in [6, 6.07) is 0.754. The van der Waals surface area contributed by atoms with Gasteiger partial charge in [-0.05, 0) is 12.8 Å². The normalized spacial score (nSPS) is 32.9. The summed E-state index contributed by atoms with van der Waals surface area (Å²) >= 11 is 0. The Balaban J connectivity index is 1.91. The highest BCUT2D eigenvalue weighted by Crippen LogP contribution is 2.24. The van der Waals surface area contributed by atoms with Crippen molar-refractivity contribution < 1.29 is 5.11 Å². The van der Waals surface area contributed by atoms with Crippen molar-refractivity contribution in [3.05, 3.63) is 12.2 Å². The molecule has 68 valence electrons. The number of nitrogens with zero attached hydrogens (tertiary/aromatic N) is 1. The second-order valence-corrected chi connectivity index (χ2v) is 3.89. The molecule has 0 aromatic rings. The van der Waals surface area contributed by atoms with E-state index in [1.54, 1.807) is 0 Å². The first-order valence-corrected chi connectivity index (χ1v) is 4.95. The van der Waals surface area contributed by atoms with Crippen LogP contribution in [0.15, 0.2) is 12.2 Å². The Labute approximate surface area is 73.9 Å². The molecule has 0 amide bonds. The van der Waals surface area contributed by atoms with Crippen molar-refractivity contribution in [1.29, 1.82) is 0 Å². The van der Waals surface area contributed by atoms with Gasteiger partial charge in [0.15, 0.2) is 0 Å². The molecule has 2 heteroatoms. The maximum atomic E-state index is 9.41. The smallest absolute Gasteiger partial charge is 0.0848 e. The molecule has 1 unspecified atom stereocenters. The van der Waals surface area contributed by atoms with Crippen LogP contribution in [0.4, 0.5) is 0 Å². The van der Waals surface area contributed by atoms with E-state index in [-0.39, 0.29) is 6.10 Å². The Kier molecular flexibility index (Phi) is 2.47. The minimum Gasteiger partial charge on any atom is -0.388 e. The van der Waals surface area contributed by atoms with Gasteiger partial charge in [-0.1, -0.05) is 25.0 Å². The summed E-state index contributed by atoms with van der Waals surface area (Å²) in [6.45, 7) is 1.89. The Hall–Kier alpha value is -0.340. The molecule has 1 aliphatic carbocycles. The van der Waals surface area contributed by atoms with Gasteiger partial charge in [-0.15, -0.1) is 0 Å². The Morgan fingerprint density at radius 1 is 1.25 bits per heavy atom. The molecule has 1 aliphatic heterocycles. The zero-order chi connectivity index (χ0) is 8.39. The molecule has 1 heterocycles. The minimum atomic E-state index is -0.223. The lowest BCUT2D eigenvalue weighted by Crippen LogP contribution is -2.41. The maximum absolute atomic E-state index is 9.41. The molecule has 0 radical (unpaired) electrons. The molecule has 2 aliphatic rings. The molecule has 0 bridgehead atoms. The molecule has 2 nitrogen and oxygen atoms in total. The van der Waals surface area contributed by atoms with E-state index in [1.165, 1.54) is 25.7 Å². The fourth-order valence-corrected chi connectivity index (χ4v) is 2.30. The molecule has 1 atom stereocenters. The van der Waals surface area contributed by atoms with Gasteiger partial charge in [0, 0.05) is 19.1 Å². The first-order valence-electron chi connectivity index (χ1n) is 4.95. The van der Waals surface area contributed by atoms with Crippen molar-refractivity contribution in [1.82, 2.24) is 4.90 Å². The fourth-order valence-electron chi connectivity index (χ4n) is 2.30. The number of aliphatic hydroxyl groups excluding tert-OH is 1. The average molecular weight is 167 g/mol. The molecule has 1 saturated carbocycles. The summed E-state index contributed by atoms with van der Waals surface area (Å²) in [4.78, 5) is 2.41. The lowest BCUT2D eigenvalue weighted by molar-refractivity contribution is 0.114. The van der Waals surface area contributed by atoms with Gasteiger partial charge in [0.05, 0.1) is 6.10 Å². The Bertz CT molecular complexity index is 173. The highest BCUT2D eigenvalue weighted by molar-refractivity contribution is 4.99. The summed E-state index contributed by atoms with van der Waals surface area (Å²) < 4.78 is 0. The van der Waals surface area contributed by atoms with Gasteiger partial charge >= 0.3 is 0 Å². The number of hydrogen-bond acceptors (Lipinski definition) is 2. The molecule has 12 heavy (non-hydrogen) atoms. The highest BCUT2D eigenvalue weighted by atomic mass is 16.3. The highest BCUT2D eigenvalue weighted by Gasteiger charge is 2.24. The van der Waals surface area contributed by atoms with E-state index in [0.29, 0.717) is 0 Å². The van der Waals surface area contributed by atoms with E-state index in [9.17, 15) is 5.11 Å². The van der Waals surface area contributed by atoms with Gasteiger partial charge in [0.25, 0.3) is 0 Å². The van der Waals surface area contributed by atoms with Crippen molar-refractivity contribution in [2.75, 3.05) is 13.1 Å². The fraction of sp³-hybridized carbons (Fsp3) is 0.800. The van der Waals surface area contributed by atoms with Crippen LogP contribution >= 0.6 is 0 Å². The predicted molar refractivity (Wildman–Crippen MR) is 49.0 cm³/mol. The van der Waals surface area contributed by atoms with Crippen molar-refractivity contribution in [2.24, 2.45) is 0 Å². The van der Waals surface area contributed by atoms with E-state index in [4.69, 9.17) is 0 Å². The van der Waals surface area contributed by atoms with Crippen LogP contribution in [-0.2, 0) is 0 Å². The Morgan fingerprint density at radius 3 is 2.67 bits per heavy atom. The third kappa shape index (κ3) is 1.70. The van der Waals surface area contributed by atoms with E-state index in [2.05, 4.69) is 11.0 Å². The SMILES string of the molecule is OC1C=CCN(C2CCCC2)C1. The van der Waals surface area contributed by atoms with E-state index in [1.807, 2.05) is 6.08 Å². The zero-order valence-electron chi connectivity index (χ0n) is 7.45. The molecule has 0 saturated heterocycles. The molecular weight excluding hydrogens is 150 g/mol. The van der Waals surface area contributed by atoms with Gasteiger partial charge in [-0.3, -0.25) is 4.90 Å². The van der Waals surface area contributed by atoms with Crippen LogP contribution in [0.25, 0.3) is 0 Å². The van der Waals surface area contributed by atoms with Crippen LogP contribution in [0, 0.1) is 0 Å². The van der Waals surface area contributed by atoms with Crippen LogP contribution in [0.1, 0.15) is 25.7 Å². The monoisotopic (exact) mass is 167 g/mol. The Morgan fingerprint density at radius 2 is 2.00 bits per heavy atom. The van der Waals surface area contributed by atoms with Gasteiger partial charge < -0.3 is 5.11 Å². The molecule has 0 aromatic heterocycles. The number of aliphatic hydroxyl groups is 1. The lowest BCUT2D eigenvalue weighted by Gasteiger charge is -2.31. The standard InChI is InChI=1S/C10H17NO/c12-10-6-3-7-11(8-10)9-4-1-2-5-9/h3,6,9-10,12H,1-2,4-5,7-8H2. The van der Waals surface area contributed by atoms with Crippen molar-refractivity contribution in [3.8, 4) is 0 Å². The minimum absolute atomic E-state index is 0.223. The van der Waals surface area contributed by atoms with E-state index >= 15 is 0 Å². The van der Waals surface area contributed by atoms with Crippen LogP contribution in [0.3, 0.4) is 0 Å². The van der Waals surface area contributed by atoms with Gasteiger partial charge in [0.1, 0.15) is 0 Å². The largest absolute Gasteiger partial charge is 0.388 e. The van der Waals surface area contributed by atoms with Crippen molar-refractivity contribution >= 4 is 0 Å². The van der Waals surface area contributed by atoms with Crippen LogP contribution < -0.4 is 0 Å². The molecule has 1 N–H and O–H groups in total. The van der Waals surface area contributed by atoms with Crippen LogP contribution in [0.5, 0.6) is 0 Å². The molecule has 2 rings (SSSR count). The molecule has 0 spiro atoms. The van der Waals surface area contributed by atoms with E-state index < -0.39 is 0 Å². The number of β-amino-alcohol motifs (C(OH)–C–C–N with tert-alkyl or cyclic N) is 1. The lowest BCUT2D eigenvalue weighted by atomic mass is 10.1. The van der Waals surface area contributed by atoms with Gasteiger partial charge in [0.2, 0.25) is 0 Å². The summed E-state index contributed by atoms with van der Waals surface area (Å²) in [7, 11) is 0. The molecule has 0 aromatic carbocycles. The van der Waals surface area contributed by atoms with Gasteiger partial charge in [-0.25, -0.2) is 0 Å². The quantitative estimate of drug-likeness (QED) is 0.592. The third-order valence-corrected chi connectivity index (χ3v) is 2.96. The second kappa shape index (κ2) is 3.58. The maximum Gasteiger partial charge on any atom is 0.0848 e. The van der Waals surface area contributed by atoms with Gasteiger partial charge in [-0.2, -0.15) is 0 Å². The van der Waals surface area contributed by atoms with Crippen molar-refractivity contribution in [2.45, 2.75) is 37.8 Å². The first kappa shape index (κ1) is 8.27. The zero-order valence-corrected chi connectivity index (χ0v) is 7.45. The summed E-state index contributed by atoms with van der Waals surface area (Å²) in [5.41, 5.74) is 0. The van der Waals surface area contributed by atoms with Crippen LogP contribution in [0.2, 0.25) is 0 Å². The topological polar surface area (TPSA) is 23.5 Å². The number of hydrogen-bond donors (Lipinski definition) is 1. The second-order valence-electron chi connectivity index (χ2n) is 3.89. The summed E-state index contributed by atoms with van der Waals surface area (Å²) in [5.74, 6) is 0. The van der Waals surface area contributed by atoms with E-state index in [0.717, 1.165) is 19.1 Å². The third-order valence-electron chi connectivity index (χ3n) is 2.96. The molecule has 1 fully saturated rings. The van der Waals surface area contributed by atoms with Crippen LogP contribution in [-0.4, -0.2) is 35.2 Å². The summed E-state index contributed by atoms with van der Waals surface area (Å²) in [6.07, 6.45) is 9.19. The molecular formula is C10H17NO. The number of rotatable bonds is 1. The summed E-state index contributed by atoms with van der Waals surface area (Å²) in [5, 5.41) is 9.41. The predicted octanol–water partition coefficient (Wildman–Crippen LogP) is 1.16.